The molecule has 0 spiro atoms. The molecule has 0 N–H and O–H groups in total. The van der Waals surface area contributed by atoms with Gasteiger partial charge in [-0.15, -0.1) is 0 Å². The lowest BCUT2D eigenvalue weighted by atomic mass is 10.1. The highest BCUT2D eigenvalue weighted by Gasteiger charge is 2.22. The molecule has 1 aromatic heterocycles. The number of nitrogens with zero attached hydrogens (tertiary/aromatic N) is 4. The largest absolute Gasteiger partial charge is 0.381 e. The molecule has 2 aliphatic heterocycles. The van der Waals surface area contributed by atoms with E-state index in [2.05, 4.69) is 19.8 Å². The molecule has 0 aliphatic carbocycles. The third-order valence-corrected chi connectivity index (χ3v) is 4.79. The summed E-state index contributed by atoms with van der Waals surface area (Å²) in [6.07, 6.45) is 3.90. The Morgan fingerprint density at radius 3 is 2.26 bits per heavy atom. The molecule has 0 radical (unpaired) electrons. The van der Waals surface area contributed by atoms with E-state index in [0.29, 0.717) is 22.8 Å². The van der Waals surface area contributed by atoms with Gasteiger partial charge in [-0.1, -0.05) is 11.6 Å². The third kappa shape index (κ3) is 4.25. The van der Waals surface area contributed by atoms with Crippen LogP contribution in [0.3, 0.4) is 0 Å². The van der Waals surface area contributed by atoms with Crippen LogP contribution in [0.15, 0.2) is 6.20 Å². The molecule has 3 rings (SSSR count). The maximum Gasteiger partial charge on any atom is 0.227 e. The Labute approximate surface area is 142 Å². The summed E-state index contributed by atoms with van der Waals surface area (Å²) in [7, 11) is 4.05. The van der Waals surface area contributed by atoms with E-state index < -0.39 is 0 Å². The number of aromatic nitrogens is 2. The van der Waals surface area contributed by atoms with Crippen molar-refractivity contribution in [2.24, 2.45) is 11.8 Å². The van der Waals surface area contributed by atoms with Crippen LogP contribution < -0.4 is 9.80 Å². The number of anilines is 2. The Hall–Kier alpha value is -1.11. The first-order valence-electron chi connectivity index (χ1n) is 8.23. The van der Waals surface area contributed by atoms with E-state index in [1.807, 2.05) is 14.1 Å². The minimum atomic E-state index is 0.544. The Balaban J connectivity index is 1.67. The predicted molar refractivity (Wildman–Crippen MR) is 91.4 cm³/mol. The van der Waals surface area contributed by atoms with Crippen molar-refractivity contribution >= 4 is 23.4 Å². The molecule has 7 heteroatoms. The first-order chi connectivity index (χ1) is 11.1. The van der Waals surface area contributed by atoms with Gasteiger partial charge in [0, 0.05) is 52.2 Å². The molecule has 23 heavy (non-hydrogen) atoms. The first kappa shape index (κ1) is 16.7. The predicted octanol–water partition coefficient (Wildman–Crippen LogP) is 2.08. The lowest BCUT2D eigenvalue weighted by molar-refractivity contribution is 0.186. The normalized spacial score (nSPS) is 24.1. The van der Waals surface area contributed by atoms with Gasteiger partial charge in [0.2, 0.25) is 5.95 Å². The molecule has 0 unspecified atom stereocenters. The summed E-state index contributed by atoms with van der Waals surface area (Å²) in [5, 5.41) is 0.591. The van der Waals surface area contributed by atoms with Crippen LogP contribution in [-0.2, 0) is 9.47 Å². The molecule has 6 nitrogen and oxygen atoms in total. The lowest BCUT2D eigenvalue weighted by Gasteiger charge is -2.25. The second-order valence-corrected chi connectivity index (χ2v) is 6.97. The van der Waals surface area contributed by atoms with Crippen LogP contribution in [0.1, 0.15) is 12.8 Å². The van der Waals surface area contributed by atoms with Crippen molar-refractivity contribution in [1.82, 2.24) is 9.97 Å². The van der Waals surface area contributed by atoms with Gasteiger partial charge in [0.25, 0.3) is 0 Å². The van der Waals surface area contributed by atoms with Gasteiger partial charge in [-0.3, -0.25) is 0 Å². The minimum absolute atomic E-state index is 0.544. The monoisotopic (exact) mass is 340 g/mol. The number of hydrogen-bond acceptors (Lipinski definition) is 6. The molecule has 2 atom stereocenters. The Morgan fingerprint density at radius 2 is 1.70 bits per heavy atom. The summed E-state index contributed by atoms with van der Waals surface area (Å²) in [4.78, 5) is 13.3. The van der Waals surface area contributed by atoms with Crippen LogP contribution in [0.25, 0.3) is 0 Å². The minimum Gasteiger partial charge on any atom is -0.381 e. The second-order valence-electron chi connectivity index (χ2n) is 6.56. The zero-order valence-electron chi connectivity index (χ0n) is 13.9. The molecular weight excluding hydrogens is 316 g/mol. The van der Waals surface area contributed by atoms with E-state index in [9.17, 15) is 0 Å². The van der Waals surface area contributed by atoms with E-state index in [1.165, 1.54) is 0 Å². The van der Waals surface area contributed by atoms with E-state index in [1.54, 1.807) is 6.20 Å². The quantitative estimate of drug-likeness (QED) is 0.790. The molecule has 2 aliphatic rings. The van der Waals surface area contributed by atoms with Crippen LogP contribution in [-0.4, -0.2) is 63.6 Å². The van der Waals surface area contributed by atoms with Crippen molar-refractivity contribution in [3.05, 3.63) is 11.2 Å². The topological polar surface area (TPSA) is 50.7 Å². The highest BCUT2D eigenvalue weighted by atomic mass is 35.5. The van der Waals surface area contributed by atoms with Gasteiger partial charge in [-0.2, -0.15) is 4.98 Å². The zero-order valence-corrected chi connectivity index (χ0v) is 14.6. The maximum absolute atomic E-state index is 6.32. The molecule has 1 aromatic rings. The average Bonchev–Trinajstić information content (AvgIpc) is 3.21. The summed E-state index contributed by atoms with van der Waals surface area (Å²) in [5.74, 6) is 2.60. The molecule has 128 valence electrons. The maximum atomic E-state index is 6.32. The average molecular weight is 341 g/mol. The van der Waals surface area contributed by atoms with Crippen molar-refractivity contribution in [3.8, 4) is 0 Å². The summed E-state index contributed by atoms with van der Waals surface area (Å²) < 4.78 is 10.9. The van der Waals surface area contributed by atoms with E-state index in [4.69, 9.17) is 21.1 Å². The number of rotatable bonds is 6. The fourth-order valence-electron chi connectivity index (χ4n) is 3.20. The molecule has 3 heterocycles. The second kappa shape index (κ2) is 7.64. The van der Waals surface area contributed by atoms with E-state index in [-0.39, 0.29) is 0 Å². The van der Waals surface area contributed by atoms with Gasteiger partial charge < -0.3 is 19.3 Å². The summed E-state index contributed by atoms with van der Waals surface area (Å²) in [6.45, 7) is 5.16. The highest BCUT2D eigenvalue weighted by Crippen LogP contribution is 2.26. The van der Waals surface area contributed by atoms with Crippen molar-refractivity contribution in [2.45, 2.75) is 12.8 Å². The molecule has 0 aromatic carbocycles. The van der Waals surface area contributed by atoms with E-state index in [0.717, 1.165) is 58.2 Å². The number of halogens is 1. The van der Waals surface area contributed by atoms with Crippen LogP contribution in [0, 0.1) is 11.8 Å². The van der Waals surface area contributed by atoms with Gasteiger partial charge in [-0.05, 0) is 12.8 Å². The van der Waals surface area contributed by atoms with Crippen molar-refractivity contribution in [2.75, 3.05) is 63.4 Å². The fraction of sp³-hybridized carbons (Fsp3) is 0.750. The third-order valence-electron chi connectivity index (χ3n) is 4.53. The Kier molecular flexibility index (Phi) is 5.56. The first-order valence-corrected chi connectivity index (χ1v) is 8.61. The van der Waals surface area contributed by atoms with E-state index >= 15 is 0 Å². The Bertz CT molecular complexity index is 519. The van der Waals surface area contributed by atoms with Crippen molar-refractivity contribution in [1.29, 1.82) is 0 Å². The Morgan fingerprint density at radius 1 is 1.09 bits per heavy atom. The van der Waals surface area contributed by atoms with Crippen molar-refractivity contribution < 1.29 is 9.47 Å². The van der Waals surface area contributed by atoms with Crippen LogP contribution in [0.2, 0.25) is 5.02 Å². The SMILES string of the molecule is CN(C[C@@H]1CCOC1)c1ncc(Cl)c(N(C)C[C@@H]2CCOC2)n1. The van der Waals surface area contributed by atoms with Gasteiger partial charge >= 0.3 is 0 Å². The van der Waals surface area contributed by atoms with Gasteiger partial charge in [-0.25, -0.2) is 4.98 Å². The molecular formula is C16H25ClN4O2. The van der Waals surface area contributed by atoms with Gasteiger partial charge in [0.05, 0.1) is 19.4 Å². The molecule has 2 fully saturated rings. The summed E-state index contributed by atoms with van der Waals surface area (Å²) in [6, 6.07) is 0. The highest BCUT2D eigenvalue weighted by molar-refractivity contribution is 6.32. The smallest absolute Gasteiger partial charge is 0.227 e. The standard InChI is InChI=1S/C16H25ClN4O2/c1-20(8-12-3-5-22-10-12)15-14(17)7-18-16(19-15)21(2)9-13-4-6-23-11-13/h7,12-13H,3-6,8-11H2,1-2H3/t12-,13-/m0/s1. The molecule has 0 amide bonds. The molecule has 0 saturated carbocycles. The van der Waals surface area contributed by atoms with Gasteiger partial charge in [0.15, 0.2) is 5.82 Å². The summed E-state index contributed by atoms with van der Waals surface area (Å²) in [5.41, 5.74) is 0. The van der Waals surface area contributed by atoms with Crippen LogP contribution in [0.5, 0.6) is 0 Å². The van der Waals surface area contributed by atoms with Crippen LogP contribution >= 0.6 is 11.6 Å². The zero-order chi connectivity index (χ0) is 16.2. The van der Waals surface area contributed by atoms with Gasteiger partial charge in [0.1, 0.15) is 5.02 Å². The van der Waals surface area contributed by atoms with Crippen LogP contribution in [0.4, 0.5) is 11.8 Å². The number of ether oxygens (including phenoxy) is 2. The molecule has 2 saturated heterocycles. The molecule has 0 bridgehead atoms. The lowest BCUT2D eigenvalue weighted by Crippen LogP contribution is -2.30. The fourth-order valence-corrected chi connectivity index (χ4v) is 3.43. The van der Waals surface area contributed by atoms with Crippen molar-refractivity contribution in [3.63, 3.8) is 0 Å². The summed E-state index contributed by atoms with van der Waals surface area (Å²) >= 11 is 6.32. The number of hydrogen-bond donors (Lipinski definition) is 0.